The van der Waals surface area contributed by atoms with Gasteiger partial charge in [0.1, 0.15) is 0 Å². The van der Waals surface area contributed by atoms with Crippen LogP contribution in [0.5, 0.6) is 0 Å². The molecule has 0 N–H and O–H groups in total. The van der Waals surface area contributed by atoms with E-state index in [2.05, 4.69) is 76.2 Å². The molecule has 94 valence electrons. The van der Waals surface area contributed by atoms with Gasteiger partial charge >= 0.3 is 117 Å². The van der Waals surface area contributed by atoms with Gasteiger partial charge in [0, 0.05) is 0 Å². The van der Waals surface area contributed by atoms with Gasteiger partial charge in [0.15, 0.2) is 0 Å². The fourth-order valence-corrected chi connectivity index (χ4v) is 11.2. The van der Waals surface area contributed by atoms with E-state index in [1.165, 1.54) is 35.8 Å². The third-order valence-corrected chi connectivity index (χ3v) is 14.2. The van der Waals surface area contributed by atoms with Gasteiger partial charge in [0.25, 0.3) is 0 Å². The molecule has 0 spiro atoms. The van der Waals surface area contributed by atoms with Crippen LogP contribution in [0, 0.1) is 0 Å². The summed E-state index contributed by atoms with van der Waals surface area (Å²) in [5.74, 6) is 0. The standard InChI is InChI=1S/C16H18BrP/c17-18(13-7-8-14-18,15-9-3-1-4-10-15)16-11-5-2-6-12-16/h1-6,9-12H,7-8,13-14H2. The molecule has 0 nitrogen and oxygen atoms in total. The predicted octanol–water partition coefficient (Wildman–Crippen LogP) is 4.29. The predicted molar refractivity (Wildman–Crippen MR) is 87.0 cm³/mol. The van der Waals surface area contributed by atoms with Crippen LogP contribution in [0.2, 0.25) is 0 Å². The van der Waals surface area contributed by atoms with Crippen molar-refractivity contribution >= 4 is 31.4 Å². The summed E-state index contributed by atoms with van der Waals surface area (Å²) < 4.78 is 0. The van der Waals surface area contributed by atoms with Crippen LogP contribution in [0.4, 0.5) is 0 Å². The Morgan fingerprint density at radius 3 is 1.44 bits per heavy atom. The maximum absolute atomic E-state index is 4.30. The van der Waals surface area contributed by atoms with E-state index in [-0.39, 0.29) is 0 Å². The SMILES string of the molecule is BrP1(c2ccccc2)(c2ccccc2)CCCC1. The molecule has 0 aliphatic carbocycles. The fourth-order valence-electron chi connectivity index (χ4n) is 3.20. The normalized spacial score (nSPS) is 23.1. The average molecular weight is 321 g/mol. The van der Waals surface area contributed by atoms with Gasteiger partial charge in [-0.05, 0) is 0 Å². The first-order valence-corrected chi connectivity index (χ1v) is 11.2. The first-order valence-electron chi connectivity index (χ1n) is 6.57. The van der Waals surface area contributed by atoms with E-state index in [1.54, 1.807) is 0 Å². The molecule has 1 aliphatic rings. The minimum atomic E-state index is -2.06. The van der Waals surface area contributed by atoms with E-state index >= 15 is 0 Å². The molecule has 18 heavy (non-hydrogen) atoms. The summed E-state index contributed by atoms with van der Waals surface area (Å²) in [4.78, 5) is 0. The quantitative estimate of drug-likeness (QED) is 0.724. The molecule has 1 saturated heterocycles. The van der Waals surface area contributed by atoms with Crippen molar-refractivity contribution < 1.29 is 0 Å². The van der Waals surface area contributed by atoms with Crippen molar-refractivity contribution in [1.29, 1.82) is 0 Å². The summed E-state index contributed by atoms with van der Waals surface area (Å²) in [7, 11) is 0. The number of benzene rings is 2. The van der Waals surface area contributed by atoms with Crippen LogP contribution >= 0.6 is 20.8 Å². The molecule has 1 aliphatic heterocycles. The molecule has 0 aromatic heterocycles. The Morgan fingerprint density at radius 1 is 0.667 bits per heavy atom. The topological polar surface area (TPSA) is 0 Å². The van der Waals surface area contributed by atoms with E-state index < -0.39 is 5.31 Å². The zero-order valence-corrected chi connectivity index (χ0v) is 12.9. The molecule has 0 amide bonds. The minimum absolute atomic E-state index is 1.31. The average Bonchev–Trinajstić information content (AvgIpc) is 2.87. The summed E-state index contributed by atoms with van der Waals surface area (Å²) in [5.41, 5.74) is 0. The molecule has 3 rings (SSSR count). The van der Waals surface area contributed by atoms with E-state index in [1.807, 2.05) is 0 Å². The summed E-state index contributed by atoms with van der Waals surface area (Å²) in [6.07, 6.45) is 5.29. The third-order valence-electron chi connectivity index (χ3n) is 4.19. The molecule has 2 aromatic carbocycles. The number of rotatable bonds is 2. The van der Waals surface area contributed by atoms with Gasteiger partial charge in [0.2, 0.25) is 0 Å². The van der Waals surface area contributed by atoms with Gasteiger partial charge in [-0.1, -0.05) is 0 Å². The van der Waals surface area contributed by atoms with E-state index in [0.717, 1.165) is 0 Å². The molecular weight excluding hydrogens is 303 g/mol. The first kappa shape index (κ1) is 12.4. The Kier molecular flexibility index (Phi) is 3.08. The van der Waals surface area contributed by atoms with Crippen LogP contribution in [0.15, 0.2) is 60.7 Å². The zero-order chi connectivity index (χ0) is 12.5. The molecule has 0 bridgehead atoms. The van der Waals surface area contributed by atoms with E-state index in [9.17, 15) is 0 Å². The van der Waals surface area contributed by atoms with Gasteiger partial charge in [-0.15, -0.1) is 0 Å². The molecular formula is C16H18BrP. The molecule has 0 atom stereocenters. The Morgan fingerprint density at radius 2 is 1.06 bits per heavy atom. The van der Waals surface area contributed by atoms with Gasteiger partial charge in [-0.25, -0.2) is 0 Å². The molecule has 2 heteroatoms. The number of halogens is 1. The third kappa shape index (κ3) is 1.76. The molecule has 2 aromatic rings. The van der Waals surface area contributed by atoms with Gasteiger partial charge in [-0.2, -0.15) is 0 Å². The van der Waals surface area contributed by atoms with Crippen molar-refractivity contribution in [3.05, 3.63) is 60.7 Å². The monoisotopic (exact) mass is 320 g/mol. The molecule has 0 unspecified atom stereocenters. The Labute approximate surface area is 117 Å². The van der Waals surface area contributed by atoms with Crippen molar-refractivity contribution in [2.45, 2.75) is 12.8 Å². The van der Waals surface area contributed by atoms with E-state index in [0.29, 0.717) is 0 Å². The van der Waals surface area contributed by atoms with Crippen LogP contribution in [0.3, 0.4) is 0 Å². The molecule has 0 saturated carbocycles. The van der Waals surface area contributed by atoms with Crippen LogP contribution in [-0.2, 0) is 0 Å². The van der Waals surface area contributed by atoms with Crippen LogP contribution in [-0.4, -0.2) is 12.3 Å². The second-order valence-corrected chi connectivity index (χ2v) is 15.0. The van der Waals surface area contributed by atoms with E-state index in [4.69, 9.17) is 0 Å². The second kappa shape index (κ2) is 4.47. The van der Waals surface area contributed by atoms with Gasteiger partial charge < -0.3 is 0 Å². The van der Waals surface area contributed by atoms with Crippen molar-refractivity contribution in [2.24, 2.45) is 0 Å². The van der Waals surface area contributed by atoms with Crippen molar-refractivity contribution in [2.75, 3.05) is 12.3 Å². The summed E-state index contributed by atoms with van der Waals surface area (Å²) in [6.45, 7) is 0. The molecule has 1 heterocycles. The van der Waals surface area contributed by atoms with Crippen LogP contribution in [0.1, 0.15) is 12.8 Å². The Hall–Kier alpha value is -0.650. The number of hydrogen-bond acceptors (Lipinski definition) is 0. The summed E-state index contributed by atoms with van der Waals surface area (Å²) in [5, 5.41) is 0.980. The second-order valence-electron chi connectivity index (χ2n) is 5.20. The van der Waals surface area contributed by atoms with Crippen molar-refractivity contribution in [3.63, 3.8) is 0 Å². The van der Waals surface area contributed by atoms with Crippen molar-refractivity contribution in [1.82, 2.24) is 0 Å². The van der Waals surface area contributed by atoms with Crippen LogP contribution < -0.4 is 10.6 Å². The van der Waals surface area contributed by atoms with Crippen LogP contribution in [0.25, 0.3) is 0 Å². The fraction of sp³-hybridized carbons (Fsp3) is 0.250. The Bertz CT molecular complexity index is 486. The maximum atomic E-state index is 4.30. The van der Waals surface area contributed by atoms with Crippen molar-refractivity contribution in [3.8, 4) is 0 Å². The first-order chi connectivity index (χ1) is 8.73. The summed E-state index contributed by atoms with van der Waals surface area (Å²) in [6, 6.07) is 22.2. The zero-order valence-electron chi connectivity index (χ0n) is 10.4. The van der Waals surface area contributed by atoms with Gasteiger partial charge in [-0.3, -0.25) is 0 Å². The molecule has 0 radical (unpaired) electrons. The number of hydrogen-bond donors (Lipinski definition) is 0. The summed E-state index contributed by atoms with van der Waals surface area (Å²) >= 11 is 4.30. The molecule has 1 fully saturated rings. The Balaban J connectivity index is 2.24. The van der Waals surface area contributed by atoms with Gasteiger partial charge in [0.05, 0.1) is 0 Å².